The highest BCUT2D eigenvalue weighted by molar-refractivity contribution is 7.15. The van der Waals surface area contributed by atoms with Crippen LogP contribution in [0, 0.1) is 0 Å². The first-order valence-electron chi connectivity index (χ1n) is 6.38. The van der Waals surface area contributed by atoms with Crippen LogP contribution in [0.4, 0.5) is 13.2 Å². The Balaban J connectivity index is 1.94. The maximum atomic E-state index is 12.5. The smallest absolute Gasteiger partial charge is 0.323 e. The zero-order valence-corrected chi connectivity index (χ0v) is 11.4. The first-order valence-corrected chi connectivity index (χ1v) is 7.19. The van der Waals surface area contributed by atoms with Crippen LogP contribution in [-0.4, -0.2) is 4.98 Å². The van der Waals surface area contributed by atoms with Crippen molar-refractivity contribution in [2.24, 2.45) is 5.73 Å². The summed E-state index contributed by atoms with van der Waals surface area (Å²) in [5.74, 6) is 0. The zero-order chi connectivity index (χ0) is 14.3. The summed E-state index contributed by atoms with van der Waals surface area (Å²) in [6.07, 6.45) is -1.38. The minimum atomic E-state index is -4.30. The summed E-state index contributed by atoms with van der Waals surface area (Å²) in [4.78, 5) is 5.67. The number of nitrogens with zero attached hydrogens (tertiary/aromatic N) is 1. The van der Waals surface area contributed by atoms with Crippen LogP contribution in [0.2, 0.25) is 0 Å². The van der Waals surface area contributed by atoms with Crippen LogP contribution in [0.5, 0.6) is 0 Å². The van der Waals surface area contributed by atoms with Crippen molar-refractivity contribution in [2.45, 2.75) is 31.5 Å². The molecule has 1 atom stereocenters. The number of aryl methyl sites for hydroxylation is 1. The molecule has 0 spiro atoms. The molecule has 106 valence electrons. The normalized spacial score (nSPS) is 18.9. The van der Waals surface area contributed by atoms with E-state index >= 15 is 0 Å². The zero-order valence-electron chi connectivity index (χ0n) is 10.6. The van der Waals surface area contributed by atoms with Gasteiger partial charge >= 0.3 is 6.18 Å². The van der Waals surface area contributed by atoms with Crippen LogP contribution < -0.4 is 5.73 Å². The van der Waals surface area contributed by atoms with E-state index in [0.29, 0.717) is 5.56 Å². The van der Waals surface area contributed by atoms with Crippen LogP contribution in [0.25, 0.3) is 10.6 Å². The summed E-state index contributed by atoms with van der Waals surface area (Å²) in [6.45, 7) is 0. The van der Waals surface area contributed by atoms with Crippen molar-refractivity contribution < 1.29 is 13.2 Å². The molecule has 2 aromatic rings. The second kappa shape index (κ2) is 4.86. The minimum Gasteiger partial charge on any atom is -0.323 e. The molecule has 0 radical (unpaired) electrons. The Bertz CT molecular complexity index is 616. The molecule has 6 heteroatoms. The van der Waals surface area contributed by atoms with E-state index in [0.717, 1.165) is 42.1 Å². The third-order valence-corrected chi connectivity index (χ3v) is 4.64. The molecule has 20 heavy (non-hydrogen) atoms. The monoisotopic (exact) mass is 298 g/mol. The third kappa shape index (κ3) is 2.45. The van der Waals surface area contributed by atoms with Crippen LogP contribution in [0.1, 0.15) is 35.0 Å². The Morgan fingerprint density at radius 2 is 1.90 bits per heavy atom. The lowest BCUT2D eigenvalue weighted by molar-refractivity contribution is -0.137. The molecular weight excluding hydrogens is 285 g/mol. The molecule has 0 bridgehead atoms. The molecule has 0 amide bonds. The van der Waals surface area contributed by atoms with Gasteiger partial charge in [0.05, 0.1) is 11.3 Å². The Morgan fingerprint density at radius 3 is 2.50 bits per heavy atom. The van der Waals surface area contributed by atoms with E-state index in [1.54, 1.807) is 0 Å². The molecule has 0 saturated heterocycles. The fourth-order valence-corrected chi connectivity index (χ4v) is 3.56. The lowest BCUT2D eigenvalue weighted by atomic mass is 9.99. The first kappa shape index (κ1) is 13.6. The van der Waals surface area contributed by atoms with Gasteiger partial charge in [0.15, 0.2) is 0 Å². The van der Waals surface area contributed by atoms with Gasteiger partial charge in [0.25, 0.3) is 0 Å². The van der Waals surface area contributed by atoms with Crippen LogP contribution in [0.15, 0.2) is 24.3 Å². The predicted molar refractivity (Wildman–Crippen MR) is 72.4 cm³/mol. The summed E-state index contributed by atoms with van der Waals surface area (Å²) in [6, 6.07) is 5.08. The predicted octanol–water partition coefficient (Wildman–Crippen LogP) is 4.17. The Morgan fingerprint density at radius 1 is 1.20 bits per heavy atom. The number of hydrogen-bond acceptors (Lipinski definition) is 3. The molecule has 2 nitrogen and oxygen atoms in total. The Hall–Kier alpha value is -1.40. The van der Waals surface area contributed by atoms with E-state index in [1.165, 1.54) is 28.3 Å². The van der Waals surface area contributed by atoms with E-state index in [2.05, 4.69) is 4.98 Å². The van der Waals surface area contributed by atoms with E-state index in [-0.39, 0.29) is 6.04 Å². The first-order chi connectivity index (χ1) is 9.45. The molecular formula is C14H13F3N2S. The van der Waals surface area contributed by atoms with E-state index in [1.807, 2.05) is 0 Å². The van der Waals surface area contributed by atoms with E-state index in [4.69, 9.17) is 5.73 Å². The Labute approximate surface area is 118 Å². The lowest BCUT2D eigenvalue weighted by Crippen LogP contribution is -2.16. The van der Waals surface area contributed by atoms with Crippen molar-refractivity contribution in [3.8, 4) is 10.6 Å². The molecule has 0 fully saturated rings. The average molecular weight is 298 g/mol. The highest BCUT2D eigenvalue weighted by Gasteiger charge is 2.30. The van der Waals surface area contributed by atoms with Crippen molar-refractivity contribution in [3.63, 3.8) is 0 Å². The fourth-order valence-electron chi connectivity index (χ4n) is 2.38. The van der Waals surface area contributed by atoms with Gasteiger partial charge in [-0.05, 0) is 31.4 Å². The number of nitrogens with two attached hydrogens (primary N) is 1. The second-order valence-electron chi connectivity index (χ2n) is 4.90. The standard InChI is InChI=1S/C14H13F3N2S/c15-14(16,17)9-6-4-8(5-7-9)13-19-12-10(18)2-1-3-11(12)20-13/h4-7,10H,1-3,18H2. The van der Waals surface area contributed by atoms with E-state index < -0.39 is 11.7 Å². The number of aromatic nitrogens is 1. The van der Waals surface area contributed by atoms with Gasteiger partial charge in [0.1, 0.15) is 5.01 Å². The van der Waals surface area contributed by atoms with Gasteiger partial charge in [0, 0.05) is 16.5 Å². The molecule has 1 heterocycles. The van der Waals surface area contributed by atoms with Crippen molar-refractivity contribution in [2.75, 3.05) is 0 Å². The minimum absolute atomic E-state index is 0.0433. The number of hydrogen-bond donors (Lipinski definition) is 1. The maximum absolute atomic E-state index is 12.5. The number of rotatable bonds is 1. The summed E-state index contributed by atoms with van der Waals surface area (Å²) in [7, 11) is 0. The molecule has 2 N–H and O–H groups in total. The fraction of sp³-hybridized carbons (Fsp3) is 0.357. The van der Waals surface area contributed by atoms with Crippen LogP contribution >= 0.6 is 11.3 Å². The maximum Gasteiger partial charge on any atom is 0.416 e. The van der Waals surface area contributed by atoms with Gasteiger partial charge in [-0.15, -0.1) is 11.3 Å². The molecule has 0 aliphatic heterocycles. The quantitative estimate of drug-likeness (QED) is 0.858. The number of alkyl halides is 3. The molecule has 1 aromatic heterocycles. The topological polar surface area (TPSA) is 38.9 Å². The molecule has 1 aromatic carbocycles. The SMILES string of the molecule is NC1CCCc2sc(-c3ccc(C(F)(F)F)cc3)nc21. The van der Waals surface area contributed by atoms with Crippen molar-refractivity contribution >= 4 is 11.3 Å². The average Bonchev–Trinajstić information content (AvgIpc) is 2.83. The van der Waals surface area contributed by atoms with Gasteiger partial charge in [-0.1, -0.05) is 12.1 Å². The van der Waals surface area contributed by atoms with Crippen molar-refractivity contribution in [1.29, 1.82) is 0 Å². The number of thiazole rings is 1. The number of fused-ring (bicyclic) bond motifs is 1. The van der Waals surface area contributed by atoms with Gasteiger partial charge in [-0.25, -0.2) is 4.98 Å². The largest absolute Gasteiger partial charge is 0.416 e. The van der Waals surface area contributed by atoms with Gasteiger partial charge < -0.3 is 5.73 Å². The highest BCUT2D eigenvalue weighted by Crippen LogP contribution is 2.37. The summed E-state index contributed by atoms with van der Waals surface area (Å²) in [5.41, 5.74) is 7.00. The van der Waals surface area contributed by atoms with Gasteiger partial charge in [0.2, 0.25) is 0 Å². The van der Waals surface area contributed by atoms with Crippen molar-refractivity contribution in [3.05, 3.63) is 40.4 Å². The Kier molecular flexibility index (Phi) is 3.30. The molecule has 3 rings (SSSR count). The lowest BCUT2D eigenvalue weighted by Gasteiger charge is -2.15. The molecule has 1 aliphatic rings. The van der Waals surface area contributed by atoms with Gasteiger partial charge in [-0.2, -0.15) is 13.2 Å². The summed E-state index contributed by atoms with van der Waals surface area (Å²) in [5, 5.41) is 0.751. The molecule has 1 aliphatic carbocycles. The third-order valence-electron chi connectivity index (χ3n) is 3.46. The van der Waals surface area contributed by atoms with E-state index in [9.17, 15) is 13.2 Å². The molecule has 0 saturated carbocycles. The van der Waals surface area contributed by atoms with Crippen LogP contribution in [0.3, 0.4) is 0 Å². The number of halogens is 3. The molecule has 1 unspecified atom stereocenters. The highest BCUT2D eigenvalue weighted by atomic mass is 32.1. The van der Waals surface area contributed by atoms with Crippen LogP contribution in [-0.2, 0) is 12.6 Å². The summed E-state index contributed by atoms with van der Waals surface area (Å²) >= 11 is 1.53. The number of benzene rings is 1. The second-order valence-corrected chi connectivity index (χ2v) is 5.98. The van der Waals surface area contributed by atoms with Gasteiger partial charge in [-0.3, -0.25) is 0 Å². The summed E-state index contributed by atoms with van der Waals surface area (Å²) < 4.78 is 37.6. The van der Waals surface area contributed by atoms with Crippen molar-refractivity contribution in [1.82, 2.24) is 4.98 Å².